The highest BCUT2D eigenvalue weighted by Crippen LogP contribution is 2.40. The van der Waals surface area contributed by atoms with Gasteiger partial charge in [-0.15, -0.1) is 0 Å². The second kappa shape index (κ2) is 7.39. The monoisotopic (exact) mass is 388 g/mol. The lowest BCUT2D eigenvalue weighted by atomic mass is 9.96. The largest absolute Gasteiger partial charge is 0.507 e. The summed E-state index contributed by atoms with van der Waals surface area (Å²) in [5.41, 5.74) is 3.09. The van der Waals surface area contributed by atoms with Crippen LogP contribution in [0.5, 0.6) is 0 Å². The third-order valence-electron chi connectivity index (χ3n) is 5.08. The van der Waals surface area contributed by atoms with Crippen LogP contribution in [0.1, 0.15) is 34.1 Å². The SMILES string of the molecule is Cc1ccc(C)c(/C(O)=C2\C(=O)C(=O)N(Cc3cccnc3)C2c2ccco2)c1. The van der Waals surface area contributed by atoms with Crippen molar-refractivity contribution in [2.24, 2.45) is 0 Å². The molecule has 146 valence electrons. The summed E-state index contributed by atoms with van der Waals surface area (Å²) in [7, 11) is 0. The van der Waals surface area contributed by atoms with E-state index in [-0.39, 0.29) is 17.9 Å². The van der Waals surface area contributed by atoms with Crippen LogP contribution in [-0.4, -0.2) is 26.7 Å². The van der Waals surface area contributed by atoms with Gasteiger partial charge in [-0.1, -0.05) is 23.8 Å². The van der Waals surface area contributed by atoms with Crippen LogP contribution in [-0.2, 0) is 16.1 Å². The summed E-state index contributed by atoms with van der Waals surface area (Å²) in [6, 6.07) is 11.8. The predicted molar refractivity (Wildman–Crippen MR) is 107 cm³/mol. The number of likely N-dealkylation sites (tertiary alicyclic amines) is 1. The van der Waals surface area contributed by atoms with E-state index in [1.54, 1.807) is 36.7 Å². The van der Waals surface area contributed by atoms with Gasteiger partial charge in [0.05, 0.1) is 11.8 Å². The maximum Gasteiger partial charge on any atom is 0.296 e. The molecular weight excluding hydrogens is 368 g/mol. The van der Waals surface area contributed by atoms with Gasteiger partial charge in [-0.25, -0.2) is 0 Å². The van der Waals surface area contributed by atoms with Crippen molar-refractivity contribution >= 4 is 17.4 Å². The van der Waals surface area contributed by atoms with Gasteiger partial charge in [0, 0.05) is 24.5 Å². The van der Waals surface area contributed by atoms with Gasteiger partial charge in [-0.05, 0) is 49.2 Å². The number of hydrogen-bond donors (Lipinski definition) is 1. The molecule has 1 atom stereocenters. The summed E-state index contributed by atoms with van der Waals surface area (Å²) < 4.78 is 5.55. The minimum absolute atomic E-state index is 0.0301. The minimum Gasteiger partial charge on any atom is -0.507 e. The molecule has 1 aromatic carbocycles. The lowest BCUT2D eigenvalue weighted by Gasteiger charge is -2.23. The molecule has 4 rings (SSSR count). The average molecular weight is 388 g/mol. The molecule has 2 aromatic heterocycles. The summed E-state index contributed by atoms with van der Waals surface area (Å²) >= 11 is 0. The fourth-order valence-electron chi connectivity index (χ4n) is 3.61. The van der Waals surface area contributed by atoms with Crippen LogP contribution in [0.4, 0.5) is 0 Å². The third kappa shape index (κ3) is 3.33. The Labute approximate surface area is 168 Å². The first-order chi connectivity index (χ1) is 14.0. The number of benzene rings is 1. The summed E-state index contributed by atoms with van der Waals surface area (Å²) in [5, 5.41) is 11.1. The lowest BCUT2D eigenvalue weighted by Crippen LogP contribution is -2.29. The number of aryl methyl sites for hydroxylation is 2. The van der Waals surface area contributed by atoms with Gasteiger partial charge in [-0.2, -0.15) is 0 Å². The molecule has 0 bridgehead atoms. The molecule has 29 heavy (non-hydrogen) atoms. The Morgan fingerprint density at radius 2 is 2.00 bits per heavy atom. The molecule has 1 aliphatic heterocycles. The molecule has 6 nitrogen and oxygen atoms in total. The van der Waals surface area contributed by atoms with Crippen molar-refractivity contribution in [1.29, 1.82) is 0 Å². The van der Waals surface area contributed by atoms with E-state index in [2.05, 4.69) is 4.98 Å². The number of aromatic nitrogens is 1. The van der Waals surface area contributed by atoms with Crippen LogP contribution in [0.3, 0.4) is 0 Å². The molecule has 3 aromatic rings. The molecule has 0 saturated carbocycles. The van der Waals surface area contributed by atoms with E-state index in [0.717, 1.165) is 16.7 Å². The number of Topliss-reactive ketones (excluding diaryl/α,β-unsaturated/α-hetero) is 1. The van der Waals surface area contributed by atoms with Gasteiger partial charge in [0.25, 0.3) is 11.7 Å². The molecule has 1 amide bonds. The smallest absolute Gasteiger partial charge is 0.296 e. The Morgan fingerprint density at radius 3 is 2.69 bits per heavy atom. The van der Waals surface area contributed by atoms with E-state index >= 15 is 0 Å². The van der Waals surface area contributed by atoms with Crippen LogP contribution in [0.2, 0.25) is 0 Å². The number of aliphatic hydroxyl groups excluding tert-OH is 1. The van der Waals surface area contributed by atoms with Crippen molar-refractivity contribution in [3.05, 3.63) is 94.7 Å². The topological polar surface area (TPSA) is 83.6 Å². The molecule has 6 heteroatoms. The van der Waals surface area contributed by atoms with Crippen molar-refractivity contribution in [3.63, 3.8) is 0 Å². The van der Waals surface area contributed by atoms with Crippen molar-refractivity contribution in [2.75, 3.05) is 0 Å². The van der Waals surface area contributed by atoms with E-state index in [4.69, 9.17) is 4.42 Å². The van der Waals surface area contributed by atoms with Gasteiger partial charge in [0.1, 0.15) is 17.6 Å². The fourth-order valence-corrected chi connectivity index (χ4v) is 3.61. The second-order valence-electron chi connectivity index (χ2n) is 7.12. The van der Waals surface area contributed by atoms with E-state index in [0.29, 0.717) is 11.3 Å². The second-order valence-corrected chi connectivity index (χ2v) is 7.12. The number of carbonyl (C=O) groups is 2. The first kappa shape index (κ1) is 18.7. The zero-order valence-corrected chi connectivity index (χ0v) is 16.1. The molecule has 1 fully saturated rings. The first-order valence-electron chi connectivity index (χ1n) is 9.25. The van der Waals surface area contributed by atoms with Crippen molar-refractivity contribution in [1.82, 2.24) is 9.88 Å². The molecule has 1 N–H and O–H groups in total. The third-order valence-corrected chi connectivity index (χ3v) is 5.08. The number of aliphatic hydroxyl groups is 1. The number of furan rings is 1. The Balaban J connectivity index is 1.87. The van der Waals surface area contributed by atoms with Gasteiger partial charge in [-0.3, -0.25) is 14.6 Å². The molecule has 0 aliphatic carbocycles. The summed E-state index contributed by atoms with van der Waals surface area (Å²) in [6.45, 7) is 3.93. The van der Waals surface area contributed by atoms with Crippen molar-refractivity contribution < 1.29 is 19.1 Å². The Hall–Kier alpha value is -3.67. The minimum atomic E-state index is -0.815. The molecule has 0 radical (unpaired) electrons. The number of nitrogens with zero attached hydrogens (tertiary/aromatic N) is 2. The molecule has 1 aliphatic rings. The number of ketones is 1. The Bertz CT molecular complexity index is 1100. The summed E-state index contributed by atoms with van der Waals surface area (Å²) in [4.78, 5) is 31.3. The van der Waals surface area contributed by atoms with Gasteiger partial charge in [0.2, 0.25) is 0 Å². The van der Waals surface area contributed by atoms with Crippen LogP contribution in [0.25, 0.3) is 5.76 Å². The number of carbonyl (C=O) groups excluding carboxylic acids is 2. The fraction of sp³-hybridized carbons (Fsp3) is 0.174. The molecule has 0 spiro atoms. The number of hydrogen-bond acceptors (Lipinski definition) is 5. The molecular formula is C23H20N2O4. The van der Waals surface area contributed by atoms with Crippen LogP contribution in [0, 0.1) is 13.8 Å². The lowest BCUT2D eigenvalue weighted by molar-refractivity contribution is -0.140. The van der Waals surface area contributed by atoms with Crippen LogP contribution >= 0.6 is 0 Å². The van der Waals surface area contributed by atoms with Gasteiger partial charge >= 0.3 is 0 Å². The normalized spacial score (nSPS) is 18.4. The highest BCUT2D eigenvalue weighted by molar-refractivity contribution is 6.46. The van der Waals surface area contributed by atoms with Crippen molar-refractivity contribution in [3.8, 4) is 0 Å². The first-order valence-corrected chi connectivity index (χ1v) is 9.25. The van der Waals surface area contributed by atoms with Gasteiger partial charge in [0.15, 0.2) is 0 Å². The maximum atomic E-state index is 13.0. The van der Waals surface area contributed by atoms with Crippen LogP contribution < -0.4 is 0 Å². The van der Waals surface area contributed by atoms with E-state index in [1.165, 1.54) is 11.2 Å². The number of amides is 1. The standard InChI is InChI=1S/C23H20N2O4/c1-14-7-8-15(2)17(11-14)21(26)19-20(18-6-4-10-29-18)25(23(28)22(19)27)13-16-5-3-9-24-12-16/h3-12,20,26H,13H2,1-2H3/b21-19+. The Morgan fingerprint density at radius 1 is 1.17 bits per heavy atom. The quantitative estimate of drug-likeness (QED) is 0.416. The van der Waals surface area contributed by atoms with Gasteiger partial charge < -0.3 is 14.4 Å². The summed E-state index contributed by atoms with van der Waals surface area (Å²) in [5.74, 6) is -1.18. The van der Waals surface area contributed by atoms with Crippen molar-refractivity contribution in [2.45, 2.75) is 26.4 Å². The van der Waals surface area contributed by atoms with E-state index in [9.17, 15) is 14.7 Å². The predicted octanol–water partition coefficient (Wildman–Crippen LogP) is 3.91. The zero-order chi connectivity index (χ0) is 20.5. The number of pyridine rings is 1. The number of rotatable bonds is 4. The zero-order valence-electron chi connectivity index (χ0n) is 16.1. The van der Waals surface area contributed by atoms with Crippen LogP contribution in [0.15, 0.2) is 71.1 Å². The average Bonchev–Trinajstić information content (AvgIpc) is 3.33. The maximum absolute atomic E-state index is 13.0. The molecule has 1 unspecified atom stereocenters. The summed E-state index contributed by atoms with van der Waals surface area (Å²) in [6.07, 6.45) is 4.77. The van der Waals surface area contributed by atoms with E-state index in [1.807, 2.05) is 32.0 Å². The van der Waals surface area contributed by atoms with E-state index < -0.39 is 17.7 Å². The highest BCUT2D eigenvalue weighted by atomic mass is 16.3. The highest BCUT2D eigenvalue weighted by Gasteiger charge is 2.47. The Kier molecular flexibility index (Phi) is 4.76. The molecule has 3 heterocycles. The molecule has 1 saturated heterocycles.